The van der Waals surface area contributed by atoms with Crippen LogP contribution in [0.1, 0.15) is 47.5 Å². The lowest BCUT2D eigenvalue weighted by Gasteiger charge is -2.12. The van der Waals surface area contributed by atoms with E-state index in [-0.39, 0.29) is 5.97 Å². The summed E-state index contributed by atoms with van der Waals surface area (Å²) in [6.45, 7) is 4.67. The van der Waals surface area contributed by atoms with Crippen LogP contribution in [0, 0.1) is 0 Å². The maximum atomic E-state index is 13.0. The van der Waals surface area contributed by atoms with E-state index in [1.54, 1.807) is 18.4 Å². The van der Waals surface area contributed by atoms with E-state index in [1.165, 1.54) is 4.88 Å². The van der Waals surface area contributed by atoms with Crippen molar-refractivity contribution in [3.8, 4) is 22.8 Å². The Morgan fingerprint density at radius 1 is 1.00 bits per heavy atom. The molecule has 0 atom stereocenters. The molecule has 0 unspecified atom stereocenters. The number of rotatable bonds is 7. The molecule has 7 heteroatoms. The van der Waals surface area contributed by atoms with Gasteiger partial charge in [-0.05, 0) is 87.6 Å². The topological polar surface area (TPSA) is 70.3 Å². The summed E-state index contributed by atoms with van der Waals surface area (Å²) in [6, 6.07) is 15.4. The molecule has 36 heavy (non-hydrogen) atoms. The molecule has 2 aromatic carbocycles. The number of ether oxygens (including phenoxy) is 3. The Morgan fingerprint density at radius 2 is 1.78 bits per heavy atom. The number of nitrogens with zero attached hydrogens (tertiary/aromatic N) is 1. The van der Waals surface area contributed by atoms with Gasteiger partial charge in [0.2, 0.25) is 0 Å². The zero-order valence-electron chi connectivity index (χ0n) is 20.8. The van der Waals surface area contributed by atoms with Gasteiger partial charge in [0.1, 0.15) is 27.8 Å². The van der Waals surface area contributed by atoms with Gasteiger partial charge in [-0.1, -0.05) is 0 Å². The summed E-state index contributed by atoms with van der Waals surface area (Å²) in [5.74, 6) is 1.89. The second-order valence-electron chi connectivity index (χ2n) is 8.54. The summed E-state index contributed by atoms with van der Waals surface area (Å²) in [5, 5.41) is 2.22. The molecule has 0 aliphatic heterocycles. The van der Waals surface area contributed by atoms with Crippen LogP contribution in [-0.2, 0) is 17.6 Å². The van der Waals surface area contributed by atoms with Crippen molar-refractivity contribution in [1.29, 1.82) is 0 Å². The van der Waals surface area contributed by atoms with E-state index in [9.17, 15) is 4.79 Å². The standard InChI is InChI=1S/C29H29NO5S/c1-4-33-20-14-15-24-22(16-20)23(17-25(35-24)18-10-12-19(32-3)13-11-18)30-28-27(29(31)34-5-2)21-8-6-7-9-26(21)36-28/h10-17H,4-9H2,1-3H3. The van der Waals surface area contributed by atoms with Gasteiger partial charge < -0.3 is 18.6 Å². The molecule has 186 valence electrons. The van der Waals surface area contributed by atoms with Gasteiger partial charge in [-0.15, -0.1) is 11.3 Å². The van der Waals surface area contributed by atoms with Gasteiger partial charge in [0, 0.05) is 21.9 Å². The highest BCUT2D eigenvalue weighted by atomic mass is 32.1. The summed E-state index contributed by atoms with van der Waals surface area (Å²) in [7, 11) is 1.64. The third kappa shape index (κ3) is 4.75. The molecule has 4 aromatic rings. The number of fused-ring (bicyclic) bond motifs is 2. The average molecular weight is 504 g/mol. The fraction of sp³-hybridized carbons (Fsp3) is 0.310. The van der Waals surface area contributed by atoms with E-state index in [4.69, 9.17) is 23.6 Å². The number of carbonyl (C=O) groups excluding carboxylic acids is 1. The van der Waals surface area contributed by atoms with E-state index in [1.807, 2.05) is 62.4 Å². The minimum atomic E-state index is -0.300. The maximum Gasteiger partial charge on any atom is 0.341 e. The molecule has 2 heterocycles. The van der Waals surface area contributed by atoms with Crippen molar-refractivity contribution in [2.75, 3.05) is 20.3 Å². The van der Waals surface area contributed by atoms with Crippen LogP contribution in [0.2, 0.25) is 0 Å². The predicted molar refractivity (Wildman–Crippen MR) is 142 cm³/mol. The van der Waals surface area contributed by atoms with Crippen molar-refractivity contribution in [2.45, 2.75) is 39.5 Å². The summed E-state index contributed by atoms with van der Waals surface area (Å²) in [5.41, 5.74) is 3.29. The highest BCUT2D eigenvalue weighted by Crippen LogP contribution is 2.40. The zero-order chi connectivity index (χ0) is 25.1. The highest BCUT2D eigenvalue weighted by Gasteiger charge is 2.26. The Labute approximate surface area is 214 Å². The first-order chi connectivity index (χ1) is 17.6. The van der Waals surface area contributed by atoms with E-state index < -0.39 is 0 Å². The molecule has 0 saturated carbocycles. The molecular weight excluding hydrogens is 474 g/mol. The molecule has 0 bridgehead atoms. The minimum Gasteiger partial charge on any atom is -0.497 e. The number of methoxy groups -OCH3 is 1. The maximum absolute atomic E-state index is 13.0. The van der Waals surface area contributed by atoms with E-state index in [0.29, 0.717) is 40.5 Å². The van der Waals surface area contributed by atoms with E-state index in [0.717, 1.165) is 53.7 Å². The van der Waals surface area contributed by atoms with Crippen LogP contribution in [0.5, 0.6) is 11.5 Å². The number of benzene rings is 2. The summed E-state index contributed by atoms with van der Waals surface area (Å²) in [6.07, 6.45) is 4.05. The van der Waals surface area contributed by atoms with E-state index >= 15 is 0 Å². The summed E-state index contributed by atoms with van der Waals surface area (Å²) >= 11 is 1.59. The fourth-order valence-electron chi connectivity index (χ4n) is 4.55. The normalized spacial score (nSPS) is 13.5. The number of hydrogen-bond donors (Lipinski definition) is 0. The number of carbonyl (C=O) groups is 1. The molecule has 0 fully saturated rings. The van der Waals surface area contributed by atoms with Crippen molar-refractivity contribution >= 4 is 33.3 Å². The van der Waals surface area contributed by atoms with Crippen LogP contribution in [0.15, 0.2) is 57.9 Å². The monoisotopic (exact) mass is 503 g/mol. The van der Waals surface area contributed by atoms with Gasteiger partial charge in [0.25, 0.3) is 0 Å². The lowest BCUT2D eigenvalue weighted by molar-refractivity contribution is 0.0526. The number of esters is 1. The van der Waals surface area contributed by atoms with Gasteiger partial charge in [0.05, 0.1) is 31.2 Å². The molecule has 0 radical (unpaired) electrons. The first kappa shape index (κ1) is 24.1. The first-order valence-corrected chi connectivity index (χ1v) is 13.1. The number of thiophene rings is 1. The van der Waals surface area contributed by atoms with Gasteiger partial charge in [0.15, 0.2) is 0 Å². The Bertz CT molecular complexity index is 1470. The first-order valence-electron chi connectivity index (χ1n) is 12.3. The third-order valence-electron chi connectivity index (χ3n) is 6.25. The molecule has 0 amide bonds. The summed E-state index contributed by atoms with van der Waals surface area (Å²) in [4.78, 5) is 19.3. The quantitative estimate of drug-likeness (QED) is 0.258. The van der Waals surface area contributed by atoms with Crippen LogP contribution in [-0.4, -0.2) is 26.3 Å². The molecule has 1 aliphatic rings. The third-order valence-corrected chi connectivity index (χ3v) is 7.44. The zero-order valence-corrected chi connectivity index (χ0v) is 21.6. The summed E-state index contributed by atoms with van der Waals surface area (Å²) < 4.78 is 22.8. The lowest BCUT2D eigenvalue weighted by atomic mass is 9.95. The van der Waals surface area contributed by atoms with Crippen LogP contribution < -0.4 is 14.8 Å². The van der Waals surface area contributed by atoms with Crippen LogP contribution >= 0.6 is 11.3 Å². The van der Waals surface area contributed by atoms with Crippen molar-refractivity contribution in [2.24, 2.45) is 4.99 Å². The molecule has 2 aromatic heterocycles. The van der Waals surface area contributed by atoms with Crippen LogP contribution in [0.4, 0.5) is 5.00 Å². The van der Waals surface area contributed by atoms with Gasteiger partial charge >= 0.3 is 5.97 Å². The molecule has 0 N–H and O–H groups in total. The second kappa shape index (κ2) is 10.6. The van der Waals surface area contributed by atoms with Gasteiger partial charge in [-0.3, -0.25) is 0 Å². The van der Waals surface area contributed by atoms with E-state index in [2.05, 4.69) is 0 Å². The molecule has 6 nitrogen and oxygen atoms in total. The minimum absolute atomic E-state index is 0.300. The second-order valence-corrected chi connectivity index (χ2v) is 9.62. The number of aryl methyl sites for hydroxylation is 1. The molecule has 0 saturated heterocycles. The van der Waals surface area contributed by atoms with Crippen molar-refractivity contribution in [1.82, 2.24) is 0 Å². The highest BCUT2D eigenvalue weighted by molar-refractivity contribution is 7.16. The Morgan fingerprint density at radius 3 is 2.53 bits per heavy atom. The van der Waals surface area contributed by atoms with Gasteiger partial charge in [-0.25, -0.2) is 9.79 Å². The van der Waals surface area contributed by atoms with Crippen LogP contribution in [0.3, 0.4) is 0 Å². The lowest BCUT2D eigenvalue weighted by Crippen LogP contribution is -2.10. The molecule has 5 rings (SSSR count). The predicted octanol–water partition coefficient (Wildman–Crippen LogP) is 6.86. The largest absolute Gasteiger partial charge is 0.497 e. The molecular formula is C29H29NO5S. The average Bonchev–Trinajstić information content (AvgIpc) is 3.27. The van der Waals surface area contributed by atoms with Gasteiger partial charge in [-0.2, -0.15) is 0 Å². The smallest absolute Gasteiger partial charge is 0.341 e. The molecule has 1 aliphatic carbocycles. The SMILES string of the molecule is CCOC(=O)c1c(N=c2cc(-c3ccc(OC)cc3)oc3ccc(OCC)cc23)sc2c1CCCC2. The number of hydrogen-bond acceptors (Lipinski definition) is 7. The Hall–Kier alpha value is -3.58. The Kier molecular flexibility index (Phi) is 7.09. The van der Waals surface area contributed by atoms with Crippen molar-refractivity contribution < 1.29 is 23.4 Å². The molecule has 0 spiro atoms. The van der Waals surface area contributed by atoms with Crippen molar-refractivity contribution in [3.63, 3.8) is 0 Å². The van der Waals surface area contributed by atoms with Crippen LogP contribution in [0.25, 0.3) is 22.3 Å². The van der Waals surface area contributed by atoms with Crippen molar-refractivity contribution in [3.05, 3.63) is 69.9 Å². The fourth-order valence-corrected chi connectivity index (χ4v) is 5.81. The Balaban J connectivity index is 1.74.